The summed E-state index contributed by atoms with van der Waals surface area (Å²) >= 11 is 0. The van der Waals surface area contributed by atoms with Gasteiger partial charge >= 0.3 is 0 Å². The molecule has 0 saturated carbocycles. The van der Waals surface area contributed by atoms with Crippen LogP contribution in [0.1, 0.15) is 66.5 Å². The van der Waals surface area contributed by atoms with Gasteiger partial charge in [0.1, 0.15) is 5.69 Å². The van der Waals surface area contributed by atoms with Crippen molar-refractivity contribution < 1.29 is 9.32 Å². The molecule has 1 aliphatic rings. The topological polar surface area (TPSA) is 76.2 Å². The van der Waals surface area contributed by atoms with Gasteiger partial charge in [0, 0.05) is 26.2 Å². The summed E-state index contributed by atoms with van der Waals surface area (Å²) in [5.74, 6) is 1.40. The smallest absolute Gasteiger partial charge is 0.267 e. The highest BCUT2D eigenvalue weighted by Crippen LogP contribution is 2.32. The van der Waals surface area contributed by atoms with Crippen molar-refractivity contribution in [1.82, 2.24) is 24.9 Å². The first kappa shape index (κ1) is 17.7. The number of nitrogens with zero attached hydrogens (tertiary/aromatic N) is 4. The molecule has 0 aliphatic carbocycles. The normalized spacial score (nSPS) is 18.4. The Bertz CT molecular complexity index is 721. The van der Waals surface area contributed by atoms with Gasteiger partial charge in [0.25, 0.3) is 5.91 Å². The summed E-state index contributed by atoms with van der Waals surface area (Å²) in [4.78, 5) is 18.9. The lowest BCUT2D eigenvalue weighted by Gasteiger charge is -2.35. The molecule has 136 valence electrons. The van der Waals surface area contributed by atoms with Crippen LogP contribution >= 0.6 is 0 Å². The molecule has 0 spiro atoms. The third kappa shape index (κ3) is 3.76. The zero-order valence-electron chi connectivity index (χ0n) is 15.3. The van der Waals surface area contributed by atoms with Crippen LogP contribution in [0.4, 0.5) is 0 Å². The van der Waals surface area contributed by atoms with E-state index in [1.807, 2.05) is 17.7 Å². The number of piperidine rings is 1. The van der Waals surface area contributed by atoms with Crippen LogP contribution in [-0.4, -0.2) is 39.1 Å². The molecule has 0 aromatic carbocycles. The van der Waals surface area contributed by atoms with Crippen LogP contribution in [0, 0.1) is 0 Å². The molecule has 3 rings (SSSR count). The van der Waals surface area contributed by atoms with Crippen LogP contribution in [-0.2, 0) is 20.0 Å². The molecule has 1 aliphatic heterocycles. The molecule has 0 unspecified atom stereocenters. The molecule has 0 radical (unpaired) electrons. The number of carbonyl (C=O) groups is 1. The lowest BCUT2D eigenvalue weighted by molar-refractivity contribution is 0.0952. The second-order valence-electron chi connectivity index (χ2n) is 6.62. The Morgan fingerprint density at radius 1 is 1.40 bits per heavy atom. The van der Waals surface area contributed by atoms with Gasteiger partial charge in [0.05, 0.1) is 12.6 Å². The molecule has 25 heavy (non-hydrogen) atoms. The second-order valence-corrected chi connectivity index (χ2v) is 6.62. The van der Waals surface area contributed by atoms with Gasteiger partial charge in [0.15, 0.2) is 5.82 Å². The van der Waals surface area contributed by atoms with E-state index in [-0.39, 0.29) is 11.9 Å². The molecule has 1 N–H and O–H groups in total. The Kier molecular flexibility index (Phi) is 5.53. The highest BCUT2D eigenvalue weighted by Gasteiger charge is 2.28. The largest absolute Gasteiger partial charge is 0.354 e. The van der Waals surface area contributed by atoms with Crippen molar-refractivity contribution in [3.63, 3.8) is 0 Å². The van der Waals surface area contributed by atoms with Gasteiger partial charge < -0.3 is 14.4 Å². The van der Waals surface area contributed by atoms with Crippen LogP contribution in [0.5, 0.6) is 0 Å². The number of carbonyl (C=O) groups excluding carboxylic acids is 1. The van der Waals surface area contributed by atoms with Crippen LogP contribution < -0.4 is 5.32 Å². The Morgan fingerprint density at radius 2 is 2.24 bits per heavy atom. The van der Waals surface area contributed by atoms with E-state index in [9.17, 15) is 4.79 Å². The van der Waals surface area contributed by atoms with Crippen molar-refractivity contribution in [3.8, 4) is 0 Å². The Hall–Kier alpha value is -2.15. The predicted molar refractivity (Wildman–Crippen MR) is 94.1 cm³/mol. The number of nitrogens with one attached hydrogen (secondary N) is 1. The summed E-state index contributed by atoms with van der Waals surface area (Å²) in [5.41, 5.74) is 1.85. The van der Waals surface area contributed by atoms with Gasteiger partial charge in [0.2, 0.25) is 5.89 Å². The van der Waals surface area contributed by atoms with E-state index in [1.54, 1.807) is 7.05 Å². The summed E-state index contributed by atoms with van der Waals surface area (Å²) in [6, 6.07) is 4.23. The third-order valence-electron chi connectivity index (χ3n) is 4.89. The molecule has 3 heterocycles. The molecule has 1 saturated heterocycles. The molecule has 7 nitrogen and oxygen atoms in total. The van der Waals surface area contributed by atoms with Crippen LogP contribution in [0.25, 0.3) is 0 Å². The molecular weight excluding hydrogens is 318 g/mol. The Morgan fingerprint density at radius 3 is 3.00 bits per heavy atom. The van der Waals surface area contributed by atoms with Crippen LogP contribution in [0.15, 0.2) is 16.7 Å². The summed E-state index contributed by atoms with van der Waals surface area (Å²) in [6.07, 6.45) is 5.26. The van der Waals surface area contributed by atoms with Gasteiger partial charge in [-0.25, -0.2) is 0 Å². The minimum absolute atomic E-state index is 0.0570. The van der Waals surface area contributed by atoms with Crippen molar-refractivity contribution in [3.05, 3.63) is 35.2 Å². The fourth-order valence-electron chi connectivity index (χ4n) is 3.58. The van der Waals surface area contributed by atoms with Gasteiger partial charge in [-0.3, -0.25) is 9.69 Å². The van der Waals surface area contributed by atoms with E-state index in [2.05, 4.69) is 33.3 Å². The first-order chi connectivity index (χ1) is 12.1. The average Bonchev–Trinajstić information content (AvgIpc) is 3.22. The summed E-state index contributed by atoms with van der Waals surface area (Å²) < 4.78 is 7.32. The number of likely N-dealkylation sites (tertiary alicyclic amines) is 1. The lowest BCUT2D eigenvalue weighted by atomic mass is 9.99. The minimum Gasteiger partial charge on any atom is -0.354 e. The van der Waals surface area contributed by atoms with E-state index in [0.29, 0.717) is 18.1 Å². The van der Waals surface area contributed by atoms with Crippen molar-refractivity contribution in [2.45, 2.75) is 51.6 Å². The third-order valence-corrected chi connectivity index (χ3v) is 4.89. The molecule has 2 aromatic heterocycles. The highest BCUT2D eigenvalue weighted by atomic mass is 16.5. The number of hydrogen-bond donors (Lipinski definition) is 1. The first-order valence-electron chi connectivity index (χ1n) is 9.07. The van der Waals surface area contributed by atoms with Crippen LogP contribution in [0.2, 0.25) is 0 Å². The van der Waals surface area contributed by atoms with E-state index in [0.717, 1.165) is 37.3 Å². The standard InChI is InChI=1S/C18H27N5O2/c1-4-7-17-20-16(21-25-17)12-23-11-6-5-8-14(23)13-9-10-15(22(13)3)18(24)19-2/h9-10,14H,4-8,11-12H2,1-3H3,(H,19,24)/t14-/m1/s1. The Labute approximate surface area is 148 Å². The molecule has 1 atom stereocenters. The molecular formula is C18H27N5O2. The monoisotopic (exact) mass is 345 g/mol. The van der Waals surface area contributed by atoms with Gasteiger partial charge in [-0.15, -0.1) is 0 Å². The highest BCUT2D eigenvalue weighted by molar-refractivity contribution is 5.92. The number of aromatic nitrogens is 3. The fraction of sp³-hybridized carbons (Fsp3) is 0.611. The maximum absolute atomic E-state index is 12.0. The average molecular weight is 345 g/mol. The van der Waals surface area contributed by atoms with Crippen molar-refractivity contribution >= 4 is 5.91 Å². The van der Waals surface area contributed by atoms with Gasteiger partial charge in [-0.2, -0.15) is 4.98 Å². The number of rotatable bonds is 6. The Balaban J connectivity index is 1.79. The number of hydrogen-bond acceptors (Lipinski definition) is 5. The maximum Gasteiger partial charge on any atom is 0.267 e. The van der Waals surface area contributed by atoms with E-state index >= 15 is 0 Å². The molecule has 2 aromatic rings. The first-order valence-corrected chi connectivity index (χ1v) is 9.07. The predicted octanol–water partition coefficient (Wildman–Crippen LogP) is 2.45. The molecule has 0 bridgehead atoms. The van der Waals surface area contributed by atoms with E-state index in [4.69, 9.17) is 4.52 Å². The van der Waals surface area contributed by atoms with E-state index in [1.165, 1.54) is 12.8 Å². The molecule has 1 fully saturated rings. The summed E-state index contributed by atoms with van der Waals surface area (Å²) in [7, 11) is 3.62. The van der Waals surface area contributed by atoms with Gasteiger partial charge in [-0.05, 0) is 37.9 Å². The van der Waals surface area contributed by atoms with Crippen molar-refractivity contribution in [2.75, 3.05) is 13.6 Å². The zero-order valence-corrected chi connectivity index (χ0v) is 15.3. The van der Waals surface area contributed by atoms with E-state index < -0.39 is 0 Å². The zero-order chi connectivity index (χ0) is 17.8. The lowest BCUT2D eigenvalue weighted by Crippen LogP contribution is -2.34. The number of aryl methyl sites for hydroxylation is 1. The maximum atomic E-state index is 12.0. The van der Waals surface area contributed by atoms with Crippen molar-refractivity contribution in [1.29, 1.82) is 0 Å². The number of amides is 1. The van der Waals surface area contributed by atoms with Gasteiger partial charge in [-0.1, -0.05) is 18.5 Å². The minimum atomic E-state index is -0.0570. The summed E-state index contributed by atoms with van der Waals surface area (Å²) in [5, 5.41) is 6.83. The van der Waals surface area contributed by atoms with Crippen LogP contribution in [0.3, 0.4) is 0 Å². The molecule has 7 heteroatoms. The quantitative estimate of drug-likeness (QED) is 0.870. The fourth-order valence-corrected chi connectivity index (χ4v) is 3.58. The second kappa shape index (κ2) is 7.82. The summed E-state index contributed by atoms with van der Waals surface area (Å²) in [6.45, 7) is 3.78. The molecule has 1 amide bonds. The van der Waals surface area contributed by atoms with Crippen molar-refractivity contribution in [2.24, 2.45) is 7.05 Å². The SMILES string of the molecule is CCCc1nc(CN2CCCC[C@@H]2c2ccc(C(=O)NC)n2C)no1.